The van der Waals surface area contributed by atoms with Gasteiger partial charge in [0.2, 0.25) is 11.7 Å². The topological polar surface area (TPSA) is 103 Å². The minimum absolute atomic E-state index is 0.0106. The molecule has 8 nitrogen and oxygen atoms in total. The van der Waals surface area contributed by atoms with Gasteiger partial charge >= 0.3 is 0 Å². The lowest BCUT2D eigenvalue weighted by Gasteiger charge is -2.14. The van der Waals surface area contributed by atoms with Gasteiger partial charge in [-0.05, 0) is 58.0 Å². The Kier molecular flexibility index (Phi) is 5.37. The van der Waals surface area contributed by atoms with Crippen LogP contribution in [0.2, 0.25) is 0 Å². The SMILES string of the molecule is Cc1ccc(C(=O)NCc2nc(-c3ccc4c(c3)nc(C)c(=O)n4C(C)C)no2)cc1. The normalized spacial score (nSPS) is 11.3. The molecule has 0 spiro atoms. The monoisotopic (exact) mass is 417 g/mol. The zero-order chi connectivity index (χ0) is 22.1. The third-order valence-electron chi connectivity index (χ3n) is 5.01. The van der Waals surface area contributed by atoms with Crippen molar-refractivity contribution in [1.29, 1.82) is 0 Å². The van der Waals surface area contributed by atoms with Crippen LogP contribution in [0.15, 0.2) is 51.8 Å². The van der Waals surface area contributed by atoms with Crippen molar-refractivity contribution in [2.24, 2.45) is 0 Å². The lowest BCUT2D eigenvalue weighted by atomic mass is 10.1. The van der Waals surface area contributed by atoms with Crippen LogP contribution in [-0.4, -0.2) is 25.6 Å². The van der Waals surface area contributed by atoms with Crippen molar-refractivity contribution in [2.75, 3.05) is 0 Å². The van der Waals surface area contributed by atoms with E-state index in [-0.39, 0.29) is 24.1 Å². The van der Waals surface area contributed by atoms with Crippen molar-refractivity contribution in [3.63, 3.8) is 0 Å². The summed E-state index contributed by atoms with van der Waals surface area (Å²) in [5, 5.41) is 6.80. The first-order valence-electron chi connectivity index (χ1n) is 10.0. The third kappa shape index (κ3) is 4.09. The summed E-state index contributed by atoms with van der Waals surface area (Å²) in [6, 6.07) is 12.8. The Morgan fingerprint density at radius 3 is 2.55 bits per heavy atom. The second-order valence-corrected chi connectivity index (χ2v) is 7.73. The van der Waals surface area contributed by atoms with E-state index in [4.69, 9.17) is 4.52 Å². The summed E-state index contributed by atoms with van der Waals surface area (Å²) in [6.07, 6.45) is 0. The van der Waals surface area contributed by atoms with E-state index in [1.165, 1.54) is 0 Å². The molecule has 2 aromatic heterocycles. The molecule has 1 amide bonds. The Labute approximate surface area is 178 Å². The van der Waals surface area contributed by atoms with E-state index < -0.39 is 0 Å². The van der Waals surface area contributed by atoms with Gasteiger partial charge in [0.25, 0.3) is 11.5 Å². The van der Waals surface area contributed by atoms with Crippen LogP contribution in [0, 0.1) is 13.8 Å². The molecule has 8 heteroatoms. The Morgan fingerprint density at radius 1 is 1.10 bits per heavy atom. The number of nitrogens with one attached hydrogen (secondary N) is 1. The van der Waals surface area contributed by atoms with Gasteiger partial charge in [-0.3, -0.25) is 9.59 Å². The van der Waals surface area contributed by atoms with Crippen LogP contribution in [0.25, 0.3) is 22.4 Å². The number of hydrogen-bond donors (Lipinski definition) is 1. The molecule has 1 N–H and O–H groups in total. The summed E-state index contributed by atoms with van der Waals surface area (Å²) in [4.78, 5) is 33.5. The quantitative estimate of drug-likeness (QED) is 0.532. The fourth-order valence-electron chi connectivity index (χ4n) is 3.39. The smallest absolute Gasteiger partial charge is 0.272 e. The van der Waals surface area contributed by atoms with Gasteiger partial charge in [-0.15, -0.1) is 0 Å². The number of amides is 1. The molecule has 2 aromatic carbocycles. The number of carbonyl (C=O) groups excluding carboxylic acids is 1. The van der Waals surface area contributed by atoms with Crippen LogP contribution in [0.4, 0.5) is 0 Å². The van der Waals surface area contributed by atoms with Crippen LogP contribution in [0.1, 0.15) is 47.4 Å². The highest BCUT2D eigenvalue weighted by Gasteiger charge is 2.15. The second kappa shape index (κ2) is 8.14. The molecule has 2 heterocycles. The predicted octanol–water partition coefficient (Wildman–Crippen LogP) is 3.57. The van der Waals surface area contributed by atoms with Gasteiger partial charge in [0.1, 0.15) is 5.69 Å². The zero-order valence-electron chi connectivity index (χ0n) is 17.8. The third-order valence-corrected chi connectivity index (χ3v) is 5.01. The van der Waals surface area contributed by atoms with E-state index in [0.29, 0.717) is 34.1 Å². The van der Waals surface area contributed by atoms with Crippen LogP contribution >= 0.6 is 0 Å². The summed E-state index contributed by atoms with van der Waals surface area (Å²) in [7, 11) is 0. The average molecular weight is 417 g/mol. The van der Waals surface area contributed by atoms with Crippen molar-refractivity contribution in [2.45, 2.75) is 40.3 Å². The molecular weight excluding hydrogens is 394 g/mol. The number of aryl methyl sites for hydroxylation is 2. The Hall–Kier alpha value is -3.81. The fraction of sp³-hybridized carbons (Fsp3) is 0.261. The Balaban J connectivity index is 1.56. The summed E-state index contributed by atoms with van der Waals surface area (Å²) in [5.74, 6) is 0.479. The molecule has 0 aliphatic heterocycles. The van der Waals surface area contributed by atoms with Crippen LogP contribution in [0.5, 0.6) is 0 Å². The highest BCUT2D eigenvalue weighted by molar-refractivity contribution is 5.94. The minimum atomic E-state index is -0.211. The fourth-order valence-corrected chi connectivity index (χ4v) is 3.39. The van der Waals surface area contributed by atoms with Gasteiger partial charge < -0.3 is 14.4 Å². The standard InChI is InChI=1S/C23H23N5O3/c1-13(2)28-19-10-9-17(11-18(19)25-15(4)23(28)30)21-26-20(31-27-21)12-24-22(29)16-7-5-14(3)6-8-16/h5-11,13H,12H2,1-4H3,(H,24,29). The number of rotatable bonds is 5. The molecule has 4 rings (SSSR count). The van der Waals surface area contributed by atoms with E-state index in [0.717, 1.165) is 11.1 Å². The van der Waals surface area contributed by atoms with E-state index in [2.05, 4.69) is 20.4 Å². The maximum atomic E-state index is 12.5. The van der Waals surface area contributed by atoms with Gasteiger partial charge in [-0.1, -0.05) is 22.9 Å². The first kappa shape index (κ1) is 20.5. The molecule has 31 heavy (non-hydrogen) atoms. The number of nitrogens with zero attached hydrogens (tertiary/aromatic N) is 4. The molecule has 158 valence electrons. The van der Waals surface area contributed by atoms with E-state index in [1.54, 1.807) is 23.6 Å². The molecule has 0 aliphatic carbocycles. The number of hydrogen-bond acceptors (Lipinski definition) is 6. The van der Waals surface area contributed by atoms with E-state index in [1.807, 2.05) is 51.1 Å². The zero-order valence-corrected chi connectivity index (χ0v) is 17.8. The highest BCUT2D eigenvalue weighted by atomic mass is 16.5. The molecule has 0 saturated heterocycles. The minimum Gasteiger partial charge on any atom is -0.343 e. The van der Waals surface area contributed by atoms with E-state index >= 15 is 0 Å². The second-order valence-electron chi connectivity index (χ2n) is 7.73. The van der Waals surface area contributed by atoms with Crippen molar-refractivity contribution in [1.82, 2.24) is 25.0 Å². The van der Waals surface area contributed by atoms with Crippen LogP contribution in [-0.2, 0) is 6.54 Å². The molecule has 0 atom stereocenters. The molecular formula is C23H23N5O3. The van der Waals surface area contributed by atoms with Crippen molar-refractivity contribution in [3.8, 4) is 11.4 Å². The molecule has 0 fully saturated rings. The Morgan fingerprint density at radius 2 is 1.84 bits per heavy atom. The van der Waals surface area contributed by atoms with E-state index in [9.17, 15) is 9.59 Å². The molecule has 0 aliphatic rings. The maximum Gasteiger partial charge on any atom is 0.272 e. The molecule has 4 aromatic rings. The van der Waals surface area contributed by atoms with Crippen molar-refractivity contribution in [3.05, 3.63) is 75.5 Å². The van der Waals surface area contributed by atoms with Gasteiger partial charge in [0.15, 0.2) is 0 Å². The van der Waals surface area contributed by atoms with Gasteiger partial charge in [0.05, 0.1) is 17.6 Å². The summed E-state index contributed by atoms with van der Waals surface area (Å²) in [6.45, 7) is 7.72. The van der Waals surface area contributed by atoms with Crippen molar-refractivity contribution < 1.29 is 9.32 Å². The molecule has 0 radical (unpaired) electrons. The number of benzene rings is 2. The Bertz CT molecular complexity index is 1320. The van der Waals surface area contributed by atoms with Gasteiger partial charge in [-0.2, -0.15) is 4.98 Å². The maximum absolute atomic E-state index is 12.5. The van der Waals surface area contributed by atoms with Crippen LogP contribution < -0.4 is 10.9 Å². The molecule has 0 saturated carbocycles. The number of fused-ring (bicyclic) bond motifs is 1. The first-order valence-corrected chi connectivity index (χ1v) is 10.0. The highest BCUT2D eigenvalue weighted by Crippen LogP contribution is 2.22. The predicted molar refractivity (Wildman–Crippen MR) is 117 cm³/mol. The molecule has 0 bridgehead atoms. The average Bonchev–Trinajstić information content (AvgIpc) is 3.22. The number of aromatic nitrogens is 4. The van der Waals surface area contributed by atoms with Gasteiger partial charge in [-0.25, -0.2) is 4.98 Å². The molecule has 0 unspecified atom stereocenters. The largest absolute Gasteiger partial charge is 0.343 e. The van der Waals surface area contributed by atoms with Crippen molar-refractivity contribution >= 4 is 16.9 Å². The van der Waals surface area contributed by atoms with Gasteiger partial charge in [0, 0.05) is 17.2 Å². The lowest BCUT2D eigenvalue weighted by molar-refractivity contribution is 0.0946. The summed E-state index contributed by atoms with van der Waals surface area (Å²) in [5.41, 5.74) is 4.15. The summed E-state index contributed by atoms with van der Waals surface area (Å²) >= 11 is 0. The first-order chi connectivity index (χ1) is 14.8. The number of carbonyl (C=O) groups is 1. The van der Waals surface area contributed by atoms with Crippen LogP contribution in [0.3, 0.4) is 0 Å². The lowest BCUT2D eigenvalue weighted by Crippen LogP contribution is -2.25. The summed E-state index contributed by atoms with van der Waals surface area (Å²) < 4.78 is 7.02.